The second-order valence-corrected chi connectivity index (χ2v) is 6.79. The van der Waals surface area contributed by atoms with Crippen LogP contribution >= 0.6 is 11.8 Å². The number of fused-ring (bicyclic) bond motifs is 1. The molecule has 0 spiro atoms. The monoisotopic (exact) mass is 359 g/mol. The van der Waals surface area contributed by atoms with Gasteiger partial charge in [0.1, 0.15) is 11.9 Å². The first-order chi connectivity index (χ1) is 12.1. The maximum Gasteiger partial charge on any atom is 0.254 e. The summed E-state index contributed by atoms with van der Waals surface area (Å²) in [6.07, 6.45) is 3.25. The maximum absolute atomic E-state index is 12.1. The number of carbonyl (C=O) groups excluding carboxylic acids is 1. The lowest BCUT2D eigenvalue weighted by Gasteiger charge is -2.12. The molecule has 6 nitrogen and oxygen atoms in total. The fourth-order valence-electron chi connectivity index (χ4n) is 2.90. The number of nitrogens with one attached hydrogen (secondary N) is 2. The molecule has 25 heavy (non-hydrogen) atoms. The van der Waals surface area contributed by atoms with Crippen molar-refractivity contribution in [1.82, 2.24) is 15.3 Å². The third kappa shape index (κ3) is 4.22. The number of H-pyrrole nitrogens is 1. The van der Waals surface area contributed by atoms with Gasteiger partial charge in [0.2, 0.25) is 5.91 Å². The van der Waals surface area contributed by atoms with Crippen molar-refractivity contribution in [2.24, 2.45) is 0 Å². The largest absolute Gasteiger partial charge is 0.488 e. The topological polar surface area (TPSA) is 84.1 Å². The molecule has 1 aliphatic heterocycles. The zero-order valence-corrected chi connectivity index (χ0v) is 15.1. The zero-order valence-electron chi connectivity index (χ0n) is 14.3. The molecule has 1 amide bonds. The fraction of sp³-hybridized carbons (Fsp3) is 0.389. The highest BCUT2D eigenvalue weighted by Crippen LogP contribution is 2.27. The van der Waals surface area contributed by atoms with Gasteiger partial charge >= 0.3 is 0 Å². The van der Waals surface area contributed by atoms with Crippen LogP contribution in [0.2, 0.25) is 0 Å². The molecular weight excluding hydrogens is 338 g/mol. The number of ether oxygens (including phenoxy) is 1. The van der Waals surface area contributed by atoms with E-state index in [2.05, 4.69) is 15.3 Å². The molecule has 2 heterocycles. The lowest BCUT2D eigenvalue weighted by molar-refractivity contribution is -0.121. The molecule has 0 saturated heterocycles. The van der Waals surface area contributed by atoms with E-state index in [0.717, 1.165) is 12.2 Å². The smallest absolute Gasteiger partial charge is 0.254 e. The van der Waals surface area contributed by atoms with Crippen LogP contribution in [0.1, 0.15) is 23.2 Å². The lowest BCUT2D eigenvalue weighted by Crippen LogP contribution is -2.34. The number of aromatic nitrogens is 2. The van der Waals surface area contributed by atoms with Crippen LogP contribution in [-0.2, 0) is 17.6 Å². The Hall–Kier alpha value is -2.28. The van der Waals surface area contributed by atoms with Gasteiger partial charge in [-0.2, -0.15) is 0 Å². The summed E-state index contributed by atoms with van der Waals surface area (Å²) < 4.78 is 5.80. The molecule has 2 aromatic rings. The molecule has 0 saturated carbocycles. The van der Waals surface area contributed by atoms with Gasteiger partial charge in [0.15, 0.2) is 5.16 Å². The second-order valence-electron chi connectivity index (χ2n) is 5.99. The number of aromatic amines is 1. The van der Waals surface area contributed by atoms with E-state index >= 15 is 0 Å². The molecule has 0 radical (unpaired) electrons. The highest BCUT2D eigenvalue weighted by atomic mass is 32.2. The summed E-state index contributed by atoms with van der Waals surface area (Å²) in [6.45, 7) is 2.26. The van der Waals surface area contributed by atoms with E-state index in [-0.39, 0.29) is 24.0 Å². The van der Waals surface area contributed by atoms with E-state index in [1.54, 1.807) is 6.92 Å². The van der Waals surface area contributed by atoms with Gasteiger partial charge in [-0.05, 0) is 31.2 Å². The third-order valence-electron chi connectivity index (χ3n) is 4.24. The van der Waals surface area contributed by atoms with Crippen molar-refractivity contribution in [1.29, 1.82) is 0 Å². The summed E-state index contributed by atoms with van der Waals surface area (Å²) in [5, 5.41) is 3.48. The Kier molecular flexibility index (Phi) is 5.43. The van der Waals surface area contributed by atoms with Crippen molar-refractivity contribution < 1.29 is 9.53 Å². The first-order valence-electron chi connectivity index (χ1n) is 8.22. The van der Waals surface area contributed by atoms with Crippen LogP contribution in [0, 0.1) is 6.92 Å². The molecule has 0 fully saturated rings. The van der Waals surface area contributed by atoms with Crippen LogP contribution in [0.15, 0.2) is 34.2 Å². The average molecular weight is 359 g/mol. The van der Waals surface area contributed by atoms with Crippen molar-refractivity contribution in [2.75, 3.05) is 12.8 Å². The van der Waals surface area contributed by atoms with E-state index in [1.165, 1.54) is 17.3 Å². The number of aryl methyl sites for hydroxylation is 1. The highest BCUT2D eigenvalue weighted by Gasteiger charge is 2.22. The van der Waals surface area contributed by atoms with Crippen LogP contribution in [0.25, 0.3) is 0 Å². The summed E-state index contributed by atoms with van der Waals surface area (Å²) >= 11 is 1.39. The van der Waals surface area contributed by atoms with Gasteiger partial charge in [0.25, 0.3) is 5.56 Å². The van der Waals surface area contributed by atoms with Crippen molar-refractivity contribution in [3.8, 4) is 5.75 Å². The minimum Gasteiger partial charge on any atom is -0.488 e. The molecule has 0 unspecified atom stereocenters. The first kappa shape index (κ1) is 17.5. The number of amides is 1. The Morgan fingerprint density at radius 3 is 2.96 bits per heavy atom. The van der Waals surface area contributed by atoms with E-state index in [4.69, 9.17) is 4.74 Å². The minimum atomic E-state index is -0.167. The Morgan fingerprint density at radius 1 is 1.44 bits per heavy atom. The predicted octanol–water partition coefficient (Wildman–Crippen LogP) is 1.85. The SMILES string of the molecule is CSc1nc(C)c(CCC(=O)NC[C@H]2Cc3ccccc3O2)c(=O)[nH]1. The van der Waals surface area contributed by atoms with Crippen molar-refractivity contribution >= 4 is 17.7 Å². The first-order valence-corrected chi connectivity index (χ1v) is 9.44. The van der Waals surface area contributed by atoms with Crippen LogP contribution in [0.5, 0.6) is 5.75 Å². The van der Waals surface area contributed by atoms with Crippen molar-refractivity contribution in [3.05, 3.63) is 51.4 Å². The lowest BCUT2D eigenvalue weighted by atomic mass is 10.1. The second kappa shape index (κ2) is 7.74. The Bertz CT molecular complexity index is 810. The Labute approximate surface area is 150 Å². The molecule has 1 aliphatic rings. The molecule has 1 atom stereocenters. The summed E-state index contributed by atoms with van der Waals surface area (Å²) in [5.41, 5.74) is 2.25. The van der Waals surface area contributed by atoms with Gasteiger partial charge in [-0.25, -0.2) is 4.98 Å². The van der Waals surface area contributed by atoms with E-state index in [9.17, 15) is 9.59 Å². The number of hydrogen-bond acceptors (Lipinski definition) is 5. The van der Waals surface area contributed by atoms with Gasteiger partial charge in [-0.1, -0.05) is 30.0 Å². The number of carbonyl (C=O) groups is 1. The van der Waals surface area contributed by atoms with Crippen LogP contribution < -0.4 is 15.6 Å². The molecular formula is C18H21N3O3S. The molecule has 2 N–H and O–H groups in total. The number of para-hydroxylation sites is 1. The summed E-state index contributed by atoms with van der Waals surface area (Å²) in [4.78, 5) is 31.2. The van der Waals surface area contributed by atoms with E-state index in [1.807, 2.05) is 30.5 Å². The van der Waals surface area contributed by atoms with Crippen molar-refractivity contribution in [2.45, 2.75) is 37.4 Å². The molecule has 0 bridgehead atoms. The highest BCUT2D eigenvalue weighted by molar-refractivity contribution is 7.98. The van der Waals surface area contributed by atoms with Gasteiger partial charge in [-0.3, -0.25) is 9.59 Å². The van der Waals surface area contributed by atoms with Gasteiger partial charge in [0.05, 0.1) is 6.54 Å². The Morgan fingerprint density at radius 2 is 2.24 bits per heavy atom. The quantitative estimate of drug-likeness (QED) is 0.607. The van der Waals surface area contributed by atoms with Crippen molar-refractivity contribution in [3.63, 3.8) is 0 Å². The normalized spacial score (nSPS) is 15.5. The minimum absolute atomic E-state index is 0.0333. The molecule has 132 valence electrons. The van der Waals surface area contributed by atoms with E-state index < -0.39 is 0 Å². The van der Waals surface area contributed by atoms with Crippen LogP contribution in [0.4, 0.5) is 0 Å². The molecule has 0 aliphatic carbocycles. The summed E-state index contributed by atoms with van der Waals surface area (Å²) in [6, 6.07) is 7.91. The molecule has 3 rings (SSSR count). The maximum atomic E-state index is 12.1. The summed E-state index contributed by atoms with van der Waals surface area (Å²) in [5.74, 6) is 0.802. The van der Waals surface area contributed by atoms with Gasteiger partial charge in [0, 0.05) is 24.1 Å². The number of rotatable bonds is 6. The number of hydrogen-bond donors (Lipinski definition) is 2. The number of benzene rings is 1. The van der Waals surface area contributed by atoms with Crippen LogP contribution in [-0.4, -0.2) is 34.8 Å². The average Bonchev–Trinajstić information content (AvgIpc) is 3.02. The van der Waals surface area contributed by atoms with E-state index in [0.29, 0.717) is 29.4 Å². The standard InChI is InChI=1S/C18H21N3O3S/c1-11-14(17(23)21-18(20-11)25-2)7-8-16(22)19-10-13-9-12-5-3-4-6-15(12)24-13/h3-6,13H,7-10H2,1-2H3,(H,19,22)(H,20,21,23)/t13-/m1/s1. The molecule has 7 heteroatoms. The molecule has 1 aromatic carbocycles. The predicted molar refractivity (Wildman–Crippen MR) is 97.3 cm³/mol. The number of thioether (sulfide) groups is 1. The third-order valence-corrected chi connectivity index (χ3v) is 4.82. The van der Waals surface area contributed by atoms with Crippen LogP contribution in [0.3, 0.4) is 0 Å². The van der Waals surface area contributed by atoms with Gasteiger partial charge in [-0.15, -0.1) is 0 Å². The fourth-order valence-corrected chi connectivity index (χ4v) is 3.32. The zero-order chi connectivity index (χ0) is 17.8. The number of nitrogens with zero attached hydrogens (tertiary/aromatic N) is 1. The Balaban J connectivity index is 1.49. The van der Waals surface area contributed by atoms with Gasteiger partial charge < -0.3 is 15.0 Å². The summed E-state index contributed by atoms with van der Waals surface area (Å²) in [7, 11) is 0. The molecule has 1 aromatic heterocycles.